The normalized spacial score (nSPS) is 17.1. The predicted octanol–water partition coefficient (Wildman–Crippen LogP) is 2.44. The molecule has 0 aromatic heterocycles. The van der Waals surface area contributed by atoms with Gasteiger partial charge in [-0.2, -0.15) is 0 Å². The molecule has 1 saturated heterocycles. The third-order valence-corrected chi connectivity index (χ3v) is 4.02. The molecule has 1 atom stereocenters. The first-order valence-corrected chi connectivity index (χ1v) is 7.75. The van der Waals surface area contributed by atoms with Gasteiger partial charge in [0.05, 0.1) is 6.04 Å². The second kappa shape index (κ2) is 7.36. The van der Waals surface area contributed by atoms with Crippen molar-refractivity contribution in [3.05, 3.63) is 35.4 Å². The summed E-state index contributed by atoms with van der Waals surface area (Å²) >= 11 is 0. The summed E-state index contributed by atoms with van der Waals surface area (Å²) in [5.74, 6) is -0.0943. The average molecular weight is 288 g/mol. The summed E-state index contributed by atoms with van der Waals surface area (Å²) in [6, 6.07) is 8.42. The largest absolute Gasteiger partial charge is 0.312 e. The molecule has 2 rings (SSSR count). The lowest BCUT2D eigenvalue weighted by atomic mass is 10.0. The molecule has 2 amide bonds. The van der Waals surface area contributed by atoms with Crippen LogP contribution in [-0.2, 0) is 16.0 Å². The summed E-state index contributed by atoms with van der Waals surface area (Å²) in [5, 5.41) is 3.21. The van der Waals surface area contributed by atoms with Gasteiger partial charge in [0.15, 0.2) is 0 Å². The molecule has 1 aromatic carbocycles. The molecule has 4 heteroatoms. The van der Waals surface area contributed by atoms with Crippen LogP contribution in [0, 0.1) is 0 Å². The van der Waals surface area contributed by atoms with Gasteiger partial charge >= 0.3 is 0 Å². The number of aryl methyl sites for hydroxylation is 1. The van der Waals surface area contributed by atoms with Crippen LogP contribution in [0.3, 0.4) is 0 Å². The maximum absolute atomic E-state index is 11.9. The SMILES string of the molecule is CCCc1ccc(C(CN2C(=O)CCCC2=O)NC)cc1. The molecule has 114 valence electrons. The predicted molar refractivity (Wildman–Crippen MR) is 82.8 cm³/mol. The van der Waals surface area contributed by atoms with E-state index in [0.717, 1.165) is 18.4 Å². The summed E-state index contributed by atoms with van der Waals surface area (Å²) in [6.45, 7) is 2.58. The van der Waals surface area contributed by atoms with Crippen molar-refractivity contribution in [1.82, 2.24) is 10.2 Å². The van der Waals surface area contributed by atoms with Crippen LogP contribution < -0.4 is 5.32 Å². The van der Waals surface area contributed by atoms with Crippen LogP contribution in [-0.4, -0.2) is 30.3 Å². The molecular weight excluding hydrogens is 264 g/mol. The molecule has 0 saturated carbocycles. The van der Waals surface area contributed by atoms with Crippen molar-refractivity contribution in [3.63, 3.8) is 0 Å². The van der Waals surface area contributed by atoms with Crippen molar-refractivity contribution < 1.29 is 9.59 Å². The van der Waals surface area contributed by atoms with E-state index in [1.807, 2.05) is 7.05 Å². The number of amides is 2. The smallest absolute Gasteiger partial charge is 0.229 e. The number of carbonyl (C=O) groups is 2. The Bertz CT molecular complexity index is 480. The average Bonchev–Trinajstić information content (AvgIpc) is 2.49. The fraction of sp³-hybridized carbons (Fsp3) is 0.529. The van der Waals surface area contributed by atoms with Gasteiger partial charge in [0.25, 0.3) is 0 Å². The van der Waals surface area contributed by atoms with Gasteiger partial charge in [-0.15, -0.1) is 0 Å². The van der Waals surface area contributed by atoms with Crippen LogP contribution in [0.15, 0.2) is 24.3 Å². The van der Waals surface area contributed by atoms with Gasteiger partial charge in [0.2, 0.25) is 11.8 Å². The number of carbonyl (C=O) groups excluding carboxylic acids is 2. The van der Waals surface area contributed by atoms with Crippen molar-refractivity contribution >= 4 is 11.8 Å². The molecule has 0 aliphatic carbocycles. The number of rotatable bonds is 6. The van der Waals surface area contributed by atoms with E-state index in [1.54, 1.807) is 0 Å². The summed E-state index contributed by atoms with van der Waals surface area (Å²) in [6.07, 6.45) is 3.86. The van der Waals surface area contributed by atoms with Crippen molar-refractivity contribution in [2.24, 2.45) is 0 Å². The van der Waals surface area contributed by atoms with E-state index in [-0.39, 0.29) is 17.9 Å². The van der Waals surface area contributed by atoms with Gasteiger partial charge < -0.3 is 5.32 Å². The minimum atomic E-state index is -0.0471. The van der Waals surface area contributed by atoms with Gasteiger partial charge in [0, 0.05) is 19.4 Å². The Morgan fingerprint density at radius 2 is 1.76 bits per heavy atom. The van der Waals surface area contributed by atoms with Crippen LogP contribution in [0.1, 0.15) is 49.8 Å². The van der Waals surface area contributed by atoms with Crippen molar-refractivity contribution in [2.45, 2.75) is 45.1 Å². The number of hydrogen-bond acceptors (Lipinski definition) is 3. The molecular formula is C17H24N2O2. The van der Waals surface area contributed by atoms with Gasteiger partial charge in [-0.25, -0.2) is 0 Å². The highest BCUT2D eigenvalue weighted by molar-refractivity contribution is 5.97. The van der Waals surface area contributed by atoms with Gasteiger partial charge in [-0.3, -0.25) is 14.5 Å². The van der Waals surface area contributed by atoms with Gasteiger partial charge in [-0.1, -0.05) is 37.6 Å². The third kappa shape index (κ3) is 3.91. The number of nitrogens with one attached hydrogen (secondary N) is 1. The van der Waals surface area contributed by atoms with Crippen molar-refractivity contribution in [3.8, 4) is 0 Å². The maximum atomic E-state index is 11.9. The third-order valence-electron chi connectivity index (χ3n) is 4.02. The number of nitrogens with zero attached hydrogens (tertiary/aromatic N) is 1. The number of piperidine rings is 1. The second-order valence-corrected chi connectivity index (χ2v) is 5.58. The second-order valence-electron chi connectivity index (χ2n) is 5.58. The van der Waals surface area contributed by atoms with Crippen LogP contribution in [0.25, 0.3) is 0 Å². The van der Waals surface area contributed by atoms with Gasteiger partial charge in [-0.05, 0) is 31.0 Å². The first-order chi connectivity index (χ1) is 10.2. The van der Waals surface area contributed by atoms with E-state index >= 15 is 0 Å². The van der Waals surface area contributed by atoms with Crippen LogP contribution in [0.4, 0.5) is 0 Å². The quantitative estimate of drug-likeness (QED) is 0.818. The number of benzene rings is 1. The van der Waals surface area contributed by atoms with Crippen LogP contribution in [0.2, 0.25) is 0 Å². The zero-order chi connectivity index (χ0) is 15.2. The van der Waals surface area contributed by atoms with E-state index in [1.165, 1.54) is 10.5 Å². The number of hydrogen-bond donors (Lipinski definition) is 1. The molecule has 4 nitrogen and oxygen atoms in total. The Hall–Kier alpha value is -1.68. The highest BCUT2D eigenvalue weighted by Gasteiger charge is 2.28. The minimum absolute atomic E-state index is 0.00771. The first-order valence-electron chi connectivity index (χ1n) is 7.75. The molecule has 1 heterocycles. The lowest BCUT2D eigenvalue weighted by Crippen LogP contribution is -2.44. The fourth-order valence-corrected chi connectivity index (χ4v) is 2.75. The Morgan fingerprint density at radius 1 is 1.14 bits per heavy atom. The Morgan fingerprint density at radius 3 is 2.29 bits per heavy atom. The van der Waals surface area contributed by atoms with E-state index in [0.29, 0.717) is 25.8 Å². The Labute approximate surface area is 126 Å². The minimum Gasteiger partial charge on any atom is -0.312 e. The van der Waals surface area contributed by atoms with Crippen LogP contribution in [0.5, 0.6) is 0 Å². The molecule has 1 aromatic rings. The van der Waals surface area contributed by atoms with E-state index < -0.39 is 0 Å². The summed E-state index contributed by atoms with van der Waals surface area (Å²) in [4.78, 5) is 25.2. The summed E-state index contributed by atoms with van der Waals surface area (Å²) in [5.41, 5.74) is 2.43. The van der Waals surface area contributed by atoms with Crippen LogP contribution >= 0.6 is 0 Å². The zero-order valence-electron chi connectivity index (χ0n) is 12.9. The monoisotopic (exact) mass is 288 g/mol. The summed E-state index contributed by atoms with van der Waals surface area (Å²) < 4.78 is 0. The molecule has 1 unspecified atom stereocenters. The maximum Gasteiger partial charge on any atom is 0.229 e. The molecule has 1 aliphatic rings. The Balaban J connectivity index is 2.08. The van der Waals surface area contributed by atoms with Crippen molar-refractivity contribution in [1.29, 1.82) is 0 Å². The summed E-state index contributed by atoms with van der Waals surface area (Å²) in [7, 11) is 1.86. The number of likely N-dealkylation sites (tertiary alicyclic amines) is 1. The first kappa shape index (κ1) is 15.7. The lowest BCUT2D eigenvalue weighted by Gasteiger charge is -2.29. The fourth-order valence-electron chi connectivity index (χ4n) is 2.75. The molecule has 0 bridgehead atoms. The molecule has 1 fully saturated rings. The highest BCUT2D eigenvalue weighted by Crippen LogP contribution is 2.19. The van der Waals surface area contributed by atoms with E-state index in [2.05, 4.69) is 36.5 Å². The molecule has 21 heavy (non-hydrogen) atoms. The number of likely N-dealkylation sites (N-methyl/N-ethyl adjacent to an activating group) is 1. The molecule has 1 N–H and O–H groups in total. The topological polar surface area (TPSA) is 49.4 Å². The standard InChI is InChI=1S/C17H24N2O2/c1-3-5-13-8-10-14(11-9-13)15(18-2)12-19-16(20)6-4-7-17(19)21/h8-11,15,18H,3-7,12H2,1-2H3. The van der Waals surface area contributed by atoms with Gasteiger partial charge in [0.1, 0.15) is 0 Å². The lowest BCUT2D eigenvalue weighted by molar-refractivity contribution is -0.148. The van der Waals surface area contributed by atoms with Crippen molar-refractivity contribution in [2.75, 3.05) is 13.6 Å². The zero-order valence-corrected chi connectivity index (χ0v) is 12.9. The van der Waals surface area contributed by atoms with E-state index in [9.17, 15) is 9.59 Å². The van der Waals surface area contributed by atoms with E-state index in [4.69, 9.17) is 0 Å². The molecule has 0 radical (unpaired) electrons. The Kier molecular flexibility index (Phi) is 5.51. The molecule has 0 spiro atoms. The molecule has 1 aliphatic heterocycles. The highest BCUT2D eigenvalue weighted by atomic mass is 16.2. The number of imide groups is 1.